The average Bonchev–Trinajstić information content (AvgIpc) is 3.15. The Morgan fingerprint density at radius 1 is 1.39 bits per heavy atom. The third-order valence-corrected chi connectivity index (χ3v) is 4.10. The van der Waals surface area contributed by atoms with Gasteiger partial charge < -0.3 is 10.2 Å². The predicted molar refractivity (Wildman–Crippen MR) is 82.3 cm³/mol. The van der Waals surface area contributed by atoms with Gasteiger partial charge in [-0.25, -0.2) is 0 Å². The van der Waals surface area contributed by atoms with Crippen molar-refractivity contribution in [1.29, 1.82) is 0 Å². The highest BCUT2D eigenvalue weighted by Crippen LogP contribution is 2.36. The molecule has 3 heteroatoms. The molecule has 0 amide bonds. The molecule has 0 aliphatic heterocycles. The van der Waals surface area contributed by atoms with E-state index in [0.717, 1.165) is 19.1 Å². The Morgan fingerprint density at radius 2 is 2.11 bits per heavy atom. The molecule has 0 heterocycles. The van der Waals surface area contributed by atoms with Gasteiger partial charge in [0, 0.05) is 28.8 Å². The third-order valence-electron chi connectivity index (χ3n) is 3.61. The van der Waals surface area contributed by atoms with Gasteiger partial charge in [0.2, 0.25) is 0 Å². The first-order valence-electron chi connectivity index (χ1n) is 6.96. The lowest BCUT2D eigenvalue weighted by molar-refractivity contribution is 0.595. The smallest absolute Gasteiger partial charge is 0.0428 e. The number of anilines is 1. The maximum atomic E-state index is 3.60. The zero-order valence-corrected chi connectivity index (χ0v) is 13.1. The molecule has 1 aromatic rings. The number of hydrogen-bond acceptors (Lipinski definition) is 2. The highest BCUT2D eigenvalue weighted by Gasteiger charge is 2.30. The largest absolute Gasteiger partial charge is 0.369 e. The Balaban J connectivity index is 2.32. The molecule has 0 saturated heterocycles. The van der Waals surface area contributed by atoms with Crippen molar-refractivity contribution in [2.75, 3.05) is 18.0 Å². The van der Waals surface area contributed by atoms with Gasteiger partial charge in [-0.3, -0.25) is 0 Å². The van der Waals surface area contributed by atoms with Crippen molar-refractivity contribution in [2.45, 2.75) is 45.7 Å². The Morgan fingerprint density at radius 3 is 2.67 bits per heavy atom. The van der Waals surface area contributed by atoms with Crippen LogP contribution in [0.1, 0.15) is 45.2 Å². The van der Waals surface area contributed by atoms with Crippen molar-refractivity contribution in [2.24, 2.45) is 0 Å². The van der Waals surface area contributed by atoms with Crippen molar-refractivity contribution in [1.82, 2.24) is 5.32 Å². The lowest BCUT2D eigenvalue weighted by atomic mass is 10.0. The second kappa shape index (κ2) is 6.07. The molecule has 1 N–H and O–H groups in total. The average molecular weight is 311 g/mol. The van der Waals surface area contributed by atoms with Crippen molar-refractivity contribution >= 4 is 21.6 Å². The van der Waals surface area contributed by atoms with Crippen LogP contribution in [0.25, 0.3) is 0 Å². The lowest BCUT2D eigenvalue weighted by Gasteiger charge is -2.28. The van der Waals surface area contributed by atoms with Crippen LogP contribution in [0.2, 0.25) is 0 Å². The summed E-state index contributed by atoms with van der Waals surface area (Å²) in [6.07, 6.45) is 2.69. The molecule has 100 valence electrons. The predicted octanol–water partition coefficient (Wildman–Crippen LogP) is 4.11. The normalized spacial score (nSPS) is 16.7. The van der Waals surface area contributed by atoms with Crippen LogP contribution in [0, 0.1) is 0 Å². The molecule has 0 aromatic heterocycles. The van der Waals surface area contributed by atoms with Gasteiger partial charge in [-0.05, 0) is 50.9 Å². The van der Waals surface area contributed by atoms with E-state index >= 15 is 0 Å². The first-order valence-corrected chi connectivity index (χ1v) is 7.76. The summed E-state index contributed by atoms with van der Waals surface area (Å²) in [4.78, 5) is 2.55. The summed E-state index contributed by atoms with van der Waals surface area (Å²) in [5.41, 5.74) is 2.80. The fourth-order valence-electron chi connectivity index (χ4n) is 2.56. The van der Waals surface area contributed by atoms with Crippen molar-refractivity contribution in [3.8, 4) is 0 Å². The molecule has 1 fully saturated rings. The van der Waals surface area contributed by atoms with Crippen LogP contribution < -0.4 is 10.2 Å². The monoisotopic (exact) mass is 310 g/mol. The Hall–Kier alpha value is -0.540. The molecule has 0 radical (unpaired) electrons. The van der Waals surface area contributed by atoms with Gasteiger partial charge in [-0.1, -0.05) is 28.9 Å². The van der Waals surface area contributed by atoms with Crippen LogP contribution in [0.3, 0.4) is 0 Å². The molecule has 0 bridgehead atoms. The summed E-state index contributed by atoms with van der Waals surface area (Å²) in [6.45, 7) is 8.75. The standard InChI is InChI=1S/C15H23BrN2/c1-4-17-11(3)14-9-6-12(16)10-15(14)18(5-2)13-7-8-13/h6,9-11,13,17H,4-5,7-8H2,1-3H3. The Labute approximate surface area is 119 Å². The van der Waals surface area contributed by atoms with Crippen LogP contribution in [0.5, 0.6) is 0 Å². The minimum atomic E-state index is 0.408. The second-order valence-corrected chi connectivity index (χ2v) is 5.92. The summed E-state index contributed by atoms with van der Waals surface area (Å²) < 4.78 is 1.17. The summed E-state index contributed by atoms with van der Waals surface area (Å²) in [7, 11) is 0. The SMILES string of the molecule is CCNC(C)c1ccc(Br)cc1N(CC)C1CC1. The van der Waals surface area contributed by atoms with Gasteiger partial charge in [0.25, 0.3) is 0 Å². The number of nitrogens with one attached hydrogen (secondary N) is 1. The van der Waals surface area contributed by atoms with E-state index in [4.69, 9.17) is 0 Å². The van der Waals surface area contributed by atoms with Crippen LogP contribution >= 0.6 is 15.9 Å². The molecule has 2 rings (SSSR count). The quantitative estimate of drug-likeness (QED) is 0.850. The highest BCUT2D eigenvalue weighted by molar-refractivity contribution is 9.10. The maximum absolute atomic E-state index is 3.60. The van der Waals surface area contributed by atoms with Gasteiger partial charge in [0.05, 0.1) is 0 Å². The summed E-state index contributed by atoms with van der Waals surface area (Å²) >= 11 is 3.60. The fourth-order valence-corrected chi connectivity index (χ4v) is 2.91. The van der Waals surface area contributed by atoms with E-state index in [1.165, 1.54) is 28.6 Å². The van der Waals surface area contributed by atoms with Crippen molar-refractivity contribution in [3.63, 3.8) is 0 Å². The topological polar surface area (TPSA) is 15.3 Å². The second-order valence-electron chi connectivity index (χ2n) is 5.00. The van der Waals surface area contributed by atoms with Gasteiger partial charge in [-0.15, -0.1) is 0 Å². The maximum Gasteiger partial charge on any atom is 0.0428 e. The third kappa shape index (κ3) is 3.07. The zero-order valence-electron chi connectivity index (χ0n) is 11.5. The van der Waals surface area contributed by atoms with E-state index in [1.54, 1.807) is 0 Å². The zero-order chi connectivity index (χ0) is 13.1. The van der Waals surface area contributed by atoms with E-state index in [-0.39, 0.29) is 0 Å². The van der Waals surface area contributed by atoms with E-state index < -0.39 is 0 Å². The molecule has 1 aromatic carbocycles. The molecule has 1 saturated carbocycles. The molecule has 1 aliphatic carbocycles. The highest BCUT2D eigenvalue weighted by atomic mass is 79.9. The van der Waals surface area contributed by atoms with Crippen LogP contribution in [-0.4, -0.2) is 19.1 Å². The minimum absolute atomic E-state index is 0.408. The van der Waals surface area contributed by atoms with E-state index in [2.05, 4.69) is 65.1 Å². The Bertz CT molecular complexity index is 401. The number of rotatable bonds is 6. The number of halogens is 1. The number of benzene rings is 1. The number of hydrogen-bond donors (Lipinski definition) is 1. The van der Waals surface area contributed by atoms with E-state index in [0.29, 0.717) is 6.04 Å². The van der Waals surface area contributed by atoms with Crippen LogP contribution in [0.4, 0.5) is 5.69 Å². The minimum Gasteiger partial charge on any atom is -0.369 e. The summed E-state index contributed by atoms with van der Waals surface area (Å²) in [6, 6.07) is 7.83. The lowest BCUT2D eigenvalue weighted by Crippen LogP contribution is -2.28. The molecular formula is C15H23BrN2. The first-order chi connectivity index (χ1) is 8.67. The molecule has 1 aliphatic rings. The first kappa shape index (κ1) is 13.9. The Kier molecular flexibility index (Phi) is 4.68. The van der Waals surface area contributed by atoms with Gasteiger partial charge in [-0.2, -0.15) is 0 Å². The van der Waals surface area contributed by atoms with Gasteiger partial charge in [0.1, 0.15) is 0 Å². The summed E-state index contributed by atoms with van der Waals surface area (Å²) in [5.74, 6) is 0. The fraction of sp³-hybridized carbons (Fsp3) is 0.600. The molecule has 0 spiro atoms. The molecular weight excluding hydrogens is 288 g/mol. The van der Waals surface area contributed by atoms with Gasteiger partial charge >= 0.3 is 0 Å². The van der Waals surface area contributed by atoms with Crippen molar-refractivity contribution in [3.05, 3.63) is 28.2 Å². The summed E-state index contributed by atoms with van der Waals surface area (Å²) in [5, 5.41) is 3.52. The number of nitrogens with zero attached hydrogens (tertiary/aromatic N) is 1. The van der Waals surface area contributed by atoms with E-state index in [1.807, 2.05) is 0 Å². The molecule has 2 nitrogen and oxygen atoms in total. The van der Waals surface area contributed by atoms with Crippen LogP contribution in [-0.2, 0) is 0 Å². The van der Waals surface area contributed by atoms with Crippen LogP contribution in [0.15, 0.2) is 22.7 Å². The molecule has 1 unspecified atom stereocenters. The van der Waals surface area contributed by atoms with E-state index in [9.17, 15) is 0 Å². The van der Waals surface area contributed by atoms with Crippen molar-refractivity contribution < 1.29 is 0 Å². The molecule has 18 heavy (non-hydrogen) atoms. The van der Waals surface area contributed by atoms with Gasteiger partial charge in [0.15, 0.2) is 0 Å². The molecule has 1 atom stereocenters.